The summed E-state index contributed by atoms with van der Waals surface area (Å²) in [4.78, 5) is 4.74. The summed E-state index contributed by atoms with van der Waals surface area (Å²) in [7, 11) is 1.62. The predicted molar refractivity (Wildman–Crippen MR) is 77.6 cm³/mol. The van der Waals surface area contributed by atoms with Gasteiger partial charge in [-0.05, 0) is 19.1 Å². The van der Waals surface area contributed by atoms with Gasteiger partial charge in [0, 0.05) is 45.0 Å². The van der Waals surface area contributed by atoms with E-state index < -0.39 is 0 Å². The molecule has 2 rings (SSSR count). The van der Waals surface area contributed by atoms with Crippen molar-refractivity contribution in [1.29, 1.82) is 0 Å². The molecule has 1 aromatic carbocycles. The Morgan fingerprint density at radius 1 is 1.32 bits per heavy atom. The average molecular weight is 264 g/mol. The lowest BCUT2D eigenvalue weighted by Gasteiger charge is -2.41. The zero-order valence-corrected chi connectivity index (χ0v) is 11.8. The van der Waals surface area contributed by atoms with Crippen LogP contribution in [0.15, 0.2) is 30.3 Å². The molecule has 0 spiro atoms. The van der Waals surface area contributed by atoms with E-state index in [1.807, 2.05) is 6.07 Å². The third kappa shape index (κ3) is 3.93. The Labute approximate surface area is 115 Å². The summed E-state index contributed by atoms with van der Waals surface area (Å²) in [6, 6.07) is 11.0. The Bertz CT molecular complexity index is 372. The number of para-hydroxylation sites is 1. The average Bonchev–Trinajstić information content (AvgIpc) is 2.40. The predicted octanol–water partition coefficient (Wildman–Crippen LogP) is 1.20. The van der Waals surface area contributed by atoms with Gasteiger partial charge in [0.25, 0.3) is 0 Å². The van der Waals surface area contributed by atoms with Crippen LogP contribution >= 0.6 is 0 Å². The second-order valence-corrected chi connectivity index (χ2v) is 5.25. The number of rotatable bonds is 5. The maximum atomic E-state index is 9.79. The first-order valence-corrected chi connectivity index (χ1v) is 6.91. The van der Waals surface area contributed by atoms with E-state index in [0.29, 0.717) is 19.2 Å². The largest absolute Gasteiger partial charge is 0.389 e. The summed E-state index contributed by atoms with van der Waals surface area (Å²) in [6.45, 7) is 6.32. The number of aliphatic hydroxyl groups is 1. The zero-order chi connectivity index (χ0) is 13.7. The molecule has 0 amide bonds. The molecule has 0 bridgehead atoms. The molecule has 0 radical (unpaired) electrons. The Morgan fingerprint density at radius 3 is 2.68 bits per heavy atom. The van der Waals surface area contributed by atoms with Gasteiger partial charge in [-0.25, -0.2) is 0 Å². The van der Waals surface area contributed by atoms with Gasteiger partial charge >= 0.3 is 0 Å². The SMILES string of the molecule is COC[C@@H](O)CN1CCN(c2ccccc2)[C@H](C)C1. The highest BCUT2D eigenvalue weighted by atomic mass is 16.5. The zero-order valence-electron chi connectivity index (χ0n) is 11.8. The van der Waals surface area contributed by atoms with E-state index in [9.17, 15) is 5.11 Å². The summed E-state index contributed by atoms with van der Waals surface area (Å²) in [5, 5.41) is 9.79. The monoisotopic (exact) mass is 264 g/mol. The lowest BCUT2D eigenvalue weighted by Crippen LogP contribution is -2.53. The molecule has 4 nitrogen and oxygen atoms in total. The van der Waals surface area contributed by atoms with Crippen LogP contribution in [0.5, 0.6) is 0 Å². The van der Waals surface area contributed by atoms with E-state index >= 15 is 0 Å². The summed E-state index contributed by atoms with van der Waals surface area (Å²) in [5.74, 6) is 0. The molecule has 0 unspecified atom stereocenters. The number of benzene rings is 1. The second kappa shape index (κ2) is 6.89. The summed E-state index contributed by atoms with van der Waals surface area (Å²) < 4.78 is 4.98. The molecular formula is C15H24N2O2. The number of methoxy groups -OCH3 is 1. The van der Waals surface area contributed by atoms with Crippen LogP contribution in [-0.4, -0.2) is 62.0 Å². The van der Waals surface area contributed by atoms with Crippen LogP contribution < -0.4 is 4.90 Å². The molecule has 0 aromatic heterocycles. The highest BCUT2D eigenvalue weighted by Gasteiger charge is 2.24. The van der Waals surface area contributed by atoms with Gasteiger partial charge < -0.3 is 14.7 Å². The van der Waals surface area contributed by atoms with Crippen molar-refractivity contribution in [2.45, 2.75) is 19.1 Å². The van der Waals surface area contributed by atoms with E-state index in [1.54, 1.807) is 7.11 Å². The molecule has 4 heteroatoms. The van der Waals surface area contributed by atoms with Crippen LogP contribution in [-0.2, 0) is 4.74 Å². The van der Waals surface area contributed by atoms with Crippen molar-refractivity contribution >= 4 is 5.69 Å². The van der Waals surface area contributed by atoms with Crippen LogP contribution in [0, 0.1) is 0 Å². The van der Waals surface area contributed by atoms with Crippen molar-refractivity contribution in [3.05, 3.63) is 30.3 Å². The third-order valence-corrected chi connectivity index (χ3v) is 3.63. The smallest absolute Gasteiger partial charge is 0.0900 e. The van der Waals surface area contributed by atoms with Crippen molar-refractivity contribution in [1.82, 2.24) is 4.90 Å². The second-order valence-electron chi connectivity index (χ2n) is 5.25. The maximum Gasteiger partial charge on any atom is 0.0900 e. The van der Waals surface area contributed by atoms with Crippen molar-refractivity contribution in [3.63, 3.8) is 0 Å². The molecule has 1 aromatic rings. The minimum atomic E-state index is -0.388. The van der Waals surface area contributed by atoms with E-state index in [0.717, 1.165) is 19.6 Å². The summed E-state index contributed by atoms with van der Waals surface area (Å²) in [5.41, 5.74) is 1.28. The van der Waals surface area contributed by atoms with Gasteiger partial charge in [0.15, 0.2) is 0 Å². The van der Waals surface area contributed by atoms with Crippen molar-refractivity contribution < 1.29 is 9.84 Å². The fraction of sp³-hybridized carbons (Fsp3) is 0.600. The van der Waals surface area contributed by atoms with Gasteiger partial charge in [-0.1, -0.05) is 18.2 Å². The van der Waals surface area contributed by atoms with E-state index in [-0.39, 0.29) is 6.10 Å². The first-order chi connectivity index (χ1) is 9.20. The minimum absolute atomic E-state index is 0.388. The highest BCUT2D eigenvalue weighted by Crippen LogP contribution is 2.20. The van der Waals surface area contributed by atoms with Crippen LogP contribution in [0.4, 0.5) is 5.69 Å². The van der Waals surface area contributed by atoms with E-state index in [4.69, 9.17) is 4.74 Å². The van der Waals surface area contributed by atoms with Crippen LogP contribution in [0.1, 0.15) is 6.92 Å². The van der Waals surface area contributed by atoms with E-state index in [2.05, 4.69) is 41.0 Å². The molecule has 1 fully saturated rings. The van der Waals surface area contributed by atoms with Crippen molar-refractivity contribution in [3.8, 4) is 0 Å². The van der Waals surface area contributed by atoms with Gasteiger partial charge in [-0.15, -0.1) is 0 Å². The molecule has 2 atom stereocenters. The van der Waals surface area contributed by atoms with Crippen molar-refractivity contribution in [2.24, 2.45) is 0 Å². The Balaban J connectivity index is 1.88. The van der Waals surface area contributed by atoms with Gasteiger partial charge in [-0.3, -0.25) is 4.90 Å². The van der Waals surface area contributed by atoms with Gasteiger partial charge in [0.2, 0.25) is 0 Å². The number of hydrogen-bond donors (Lipinski definition) is 1. The molecular weight excluding hydrogens is 240 g/mol. The van der Waals surface area contributed by atoms with Gasteiger partial charge in [-0.2, -0.15) is 0 Å². The molecule has 1 saturated heterocycles. The quantitative estimate of drug-likeness (QED) is 0.867. The molecule has 106 valence electrons. The topological polar surface area (TPSA) is 35.9 Å². The van der Waals surface area contributed by atoms with Crippen LogP contribution in [0.25, 0.3) is 0 Å². The van der Waals surface area contributed by atoms with Crippen LogP contribution in [0.3, 0.4) is 0 Å². The van der Waals surface area contributed by atoms with Crippen LogP contribution in [0.2, 0.25) is 0 Å². The lowest BCUT2D eigenvalue weighted by molar-refractivity contribution is 0.0339. The fourth-order valence-corrected chi connectivity index (χ4v) is 2.75. The van der Waals surface area contributed by atoms with Gasteiger partial charge in [0.1, 0.15) is 0 Å². The van der Waals surface area contributed by atoms with Crippen molar-refractivity contribution in [2.75, 3.05) is 44.8 Å². The molecule has 1 N–H and O–H groups in total. The Hall–Kier alpha value is -1.10. The summed E-state index contributed by atoms with van der Waals surface area (Å²) >= 11 is 0. The molecule has 1 heterocycles. The molecule has 0 saturated carbocycles. The Morgan fingerprint density at radius 2 is 2.05 bits per heavy atom. The molecule has 0 aliphatic carbocycles. The number of hydrogen-bond acceptors (Lipinski definition) is 4. The molecule has 1 aliphatic rings. The molecule has 19 heavy (non-hydrogen) atoms. The molecule has 1 aliphatic heterocycles. The normalized spacial score (nSPS) is 22.5. The highest BCUT2D eigenvalue weighted by molar-refractivity contribution is 5.47. The van der Waals surface area contributed by atoms with E-state index in [1.165, 1.54) is 5.69 Å². The number of nitrogens with zero attached hydrogens (tertiary/aromatic N) is 2. The van der Waals surface area contributed by atoms with Gasteiger partial charge in [0.05, 0.1) is 12.7 Å². The maximum absolute atomic E-state index is 9.79. The third-order valence-electron chi connectivity index (χ3n) is 3.63. The minimum Gasteiger partial charge on any atom is -0.389 e. The first kappa shape index (κ1) is 14.3. The fourth-order valence-electron chi connectivity index (χ4n) is 2.75. The standard InChI is InChI=1S/C15H24N2O2/c1-13-10-16(11-15(18)12-19-2)8-9-17(13)14-6-4-3-5-7-14/h3-7,13,15,18H,8-12H2,1-2H3/t13-,15+/m1/s1. The number of aliphatic hydroxyl groups excluding tert-OH is 1. The number of ether oxygens (including phenoxy) is 1. The number of anilines is 1. The Kier molecular flexibility index (Phi) is 5.19. The number of piperazine rings is 1. The lowest BCUT2D eigenvalue weighted by atomic mass is 10.1. The summed E-state index contributed by atoms with van der Waals surface area (Å²) in [6.07, 6.45) is -0.388. The number of β-amino-alcohol motifs (C(OH)–C–C–N with tert-alkyl or cyclic N) is 1. The first-order valence-electron chi connectivity index (χ1n) is 6.91.